The van der Waals surface area contributed by atoms with Crippen molar-refractivity contribution >= 4 is 73.0 Å². The third-order valence-corrected chi connectivity index (χ3v) is 6.57. The standard InChI is InChI=1S/C17H21F3I2N2O6S/c1-5-9-8-10(21)13(24-15(26)30-16(2,3)4)12(22)11(9)14(25)29-7-6-23-31(27,28)17(18,19)20/h8,23H,5-7H2,1-4H3,(H,24,26). The molecular formula is C17H21F3I2N2O6S. The second-order valence-corrected chi connectivity index (χ2v) is 11.0. The number of hydrogen-bond donors (Lipinski definition) is 2. The van der Waals surface area contributed by atoms with Gasteiger partial charge < -0.3 is 9.47 Å². The van der Waals surface area contributed by atoms with Gasteiger partial charge in [-0.25, -0.2) is 22.7 Å². The van der Waals surface area contributed by atoms with Gasteiger partial charge >= 0.3 is 27.6 Å². The number of esters is 1. The molecule has 0 aliphatic heterocycles. The Bertz CT molecular complexity index is 947. The van der Waals surface area contributed by atoms with Crippen molar-refractivity contribution < 1.29 is 40.7 Å². The summed E-state index contributed by atoms with van der Waals surface area (Å²) in [6.45, 7) is 5.50. The zero-order chi connectivity index (χ0) is 24.2. The van der Waals surface area contributed by atoms with E-state index in [2.05, 4.69) is 5.32 Å². The molecule has 1 aromatic carbocycles. The number of amides is 1. The summed E-state index contributed by atoms with van der Waals surface area (Å²) >= 11 is 3.84. The number of halogens is 5. The highest BCUT2D eigenvalue weighted by Crippen LogP contribution is 2.32. The molecule has 1 aromatic rings. The van der Waals surface area contributed by atoms with Gasteiger partial charge in [-0.2, -0.15) is 13.2 Å². The van der Waals surface area contributed by atoms with E-state index in [1.165, 1.54) is 4.72 Å². The van der Waals surface area contributed by atoms with E-state index in [1.54, 1.807) is 33.8 Å². The average molecular weight is 692 g/mol. The number of ether oxygens (including phenoxy) is 2. The number of nitrogens with one attached hydrogen (secondary N) is 2. The van der Waals surface area contributed by atoms with E-state index in [-0.39, 0.29) is 5.56 Å². The maximum Gasteiger partial charge on any atom is 0.511 e. The molecule has 0 unspecified atom stereocenters. The number of benzene rings is 1. The van der Waals surface area contributed by atoms with Crippen LogP contribution in [0.2, 0.25) is 0 Å². The Morgan fingerprint density at radius 2 is 1.74 bits per heavy atom. The summed E-state index contributed by atoms with van der Waals surface area (Å²) in [5.41, 5.74) is -5.18. The fourth-order valence-corrected chi connectivity index (χ4v) is 4.97. The zero-order valence-corrected chi connectivity index (χ0v) is 22.1. The molecule has 0 saturated carbocycles. The molecule has 0 saturated heterocycles. The fraction of sp³-hybridized carbons (Fsp3) is 0.529. The summed E-state index contributed by atoms with van der Waals surface area (Å²) in [4.78, 5) is 24.7. The molecule has 0 heterocycles. The van der Waals surface area contributed by atoms with E-state index in [0.717, 1.165) is 0 Å². The molecule has 2 N–H and O–H groups in total. The number of carbonyl (C=O) groups is 2. The van der Waals surface area contributed by atoms with E-state index < -0.39 is 46.3 Å². The Kier molecular flexibility index (Phi) is 9.83. The number of rotatable bonds is 7. The van der Waals surface area contributed by atoms with Crippen LogP contribution in [0, 0.1) is 7.14 Å². The van der Waals surface area contributed by atoms with Crippen molar-refractivity contribution in [3.8, 4) is 0 Å². The summed E-state index contributed by atoms with van der Waals surface area (Å²) < 4.78 is 71.4. The minimum atomic E-state index is -5.53. The third kappa shape index (κ3) is 8.20. The van der Waals surface area contributed by atoms with Gasteiger partial charge in [-0.05, 0) is 84.0 Å². The molecule has 0 aromatic heterocycles. The SMILES string of the molecule is CCc1cc(I)c(NC(=O)OC(C)(C)C)c(I)c1C(=O)OCCNS(=O)(=O)C(F)(F)F. The van der Waals surface area contributed by atoms with Crippen LogP contribution >= 0.6 is 45.2 Å². The molecule has 31 heavy (non-hydrogen) atoms. The largest absolute Gasteiger partial charge is 0.511 e. The highest BCUT2D eigenvalue weighted by molar-refractivity contribution is 14.1. The van der Waals surface area contributed by atoms with E-state index in [4.69, 9.17) is 9.47 Å². The van der Waals surface area contributed by atoms with Crippen molar-refractivity contribution in [3.05, 3.63) is 24.3 Å². The number of anilines is 1. The topological polar surface area (TPSA) is 111 Å². The van der Waals surface area contributed by atoms with E-state index >= 15 is 0 Å². The molecule has 0 fully saturated rings. The quantitative estimate of drug-likeness (QED) is 0.249. The van der Waals surface area contributed by atoms with Gasteiger partial charge in [-0.1, -0.05) is 6.92 Å². The second kappa shape index (κ2) is 10.8. The summed E-state index contributed by atoms with van der Waals surface area (Å²) in [6, 6.07) is 1.67. The van der Waals surface area contributed by atoms with Gasteiger partial charge in [0, 0.05) is 10.1 Å². The van der Waals surface area contributed by atoms with Crippen molar-refractivity contribution in [3.63, 3.8) is 0 Å². The average Bonchev–Trinajstić information content (AvgIpc) is 2.59. The van der Waals surface area contributed by atoms with E-state index in [0.29, 0.717) is 24.8 Å². The predicted octanol–water partition coefficient (Wildman–Crippen LogP) is 4.40. The van der Waals surface area contributed by atoms with Crippen LogP contribution in [0.4, 0.5) is 23.7 Å². The first-order chi connectivity index (χ1) is 14.0. The number of sulfonamides is 1. The second-order valence-electron chi connectivity index (χ2n) is 7.04. The van der Waals surface area contributed by atoms with Crippen LogP contribution in [0.5, 0.6) is 0 Å². The summed E-state index contributed by atoms with van der Waals surface area (Å²) in [5, 5.41) is 2.58. The van der Waals surface area contributed by atoms with E-state index in [1.807, 2.05) is 45.2 Å². The molecule has 176 valence electrons. The normalized spacial score (nSPS) is 12.4. The Hall–Kier alpha value is -0.880. The van der Waals surface area contributed by atoms with Crippen molar-refractivity contribution in [1.29, 1.82) is 0 Å². The Morgan fingerprint density at radius 1 is 1.16 bits per heavy atom. The fourth-order valence-electron chi connectivity index (χ4n) is 2.16. The van der Waals surface area contributed by atoms with Crippen molar-refractivity contribution in [2.24, 2.45) is 0 Å². The number of carbonyl (C=O) groups excluding carboxylic acids is 2. The maximum atomic E-state index is 12.6. The first-order valence-electron chi connectivity index (χ1n) is 8.74. The molecule has 1 amide bonds. The van der Waals surface area contributed by atoms with Crippen LogP contribution in [-0.2, 0) is 25.9 Å². The molecule has 0 radical (unpaired) electrons. The van der Waals surface area contributed by atoms with Crippen molar-refractivity contribution in [2.75, 3.05) is 18.5 Å². The van der Waals surface area contributed by atoms with Gasteiger partial charge in [0.1, 0.15) is 12.2 Å². The number of alkyl halides is 3. The monoisotopic (exact) mass is 692 g/mol. The number of aryl methyl sites for hydroxylation is 1. The number of hydrogen-bond acceptors (Lipinski definition) is 6. The van der Waals surface area contributed by atoms with Gasteiger partial charge in [0.25, 0.3) is 0 Å². The molecule has 0 aliphatic rings. The van der Waals surface area contributed by atoms with Crippen LogP contribution in [0.25, 0.3) is 0 Å². The summed E-state index contributed by atoms with van der Waals surface area (Å²) in [7, 11) is -5.53. The van der Waals surface area contributed by atoms with Gasteiger partial charge in [0.15, 0.2) is 0 Å². The molecule has 0 aliphatic carbocycles. The lowest BCUT2D eigenvalue weighted by molar-refractivity contribution is -0.0448. The highest BCUT2D eigenvalue weighted by Gasteiger charge is 2.45. The highest BCUT2D eigenvalue weighted by atomic mass is 127. The molecule has 0 spiro atoms. The third-order valence-electron chi connectivity index (χ3n) is 3.44. The Morgan fingerprint density at radius 3 is 2.23 bits per heavy atom. The summed E-state index contributed by atoms with van der Waals surface area (Å²) in [6.07, 6.45) is -0.294. The molecule has 0 atom stereocenters. The van der Waals surface area contributed by atoms with E-state index in [9.17, 15) is 31.2 Å². The molecular weight excluding hydrogens is 671 g/mol. The zero-order valence-electron chi connectivity index (χ0n) is 16.9. The molecule has 14 heteroatoms. The van der Waals surface area contributed by atoms with Crippen LogP contribution < -0.4 is 10.0 Å². The summed E-state index contributed by atoms with van der Waals surface area (Å²) in [5.74, 6) is -0.865. The lowest BCUT2D eigenvalue weighted by Crippen LogP contribution is -2.38. The maximum absolute atomic E-state index is 12.6. The molecule has 1 rings (SSSR count). The van der Waals surface area contributed by atoms with Crippen molar-refractivity contribution in [1.82, 2.24) is 4.72 Å². The molecule has 8 nitrogen and oxygen atoms in total. The van der Waals surface area contributed by atoms with Crippen LogP contribution in [0.3, 0.4) is 0 Å². The minimum absolute atomic E-state index is 0.119. The van der Waals surface area contributed by atoms with Crippen LogP contribution in [-0.4, -0.2) is 44.7 Å². The Labute approximate surface area is 205 Å². The van der Waals surface area contributed by atoms with Crippen LogP contribution in [0.1, 0.15) is 43.6 Å². The van der Waals surface area contributed by atoms with Gasteiger partial charge in [0.2, 0.25) is 0 Å². The predicted molar refractivity (Wildman–Crippen MR) is 124 cm³/mol. The lowest BCUT2D eigenvalue weighted by Gasteiger charge is -2.21. The van der Waals surface area contributed by atoms with Gasteiger partial charge in [-0.3, -0.25) is 5.32 Å². The lowest BCUT2D eigenvalue weighted by atomic mass is 10.0. The smallest absolute Gasteiger partial charge is 0.461 e. The molecule has 0 bridgehead atoms. The van der Waals surface area contributed by atoms with Crippen molar-refractivity contribution in [2.45, 2.75) is 45.2 Å². The minimum Gasteiger partial charge on any atom is -0.461 e. The van der Waals surface area contributed by atoms with Gasteiger partial charge in [0.05, 0.1) is 14.8 Å². The first kappa shape index (κ1) is 28.2. The van der Waals surface area contributed by atoms with Gasteiger partial charge in [-0.15, -0.1) is 0 Å². The first-order valence-corrected chi connectivity index (χ1v) is 12.4. The Balaban J connectivity index is 3.02. The van der Waals surface area contributed by atoms with Crippen LogP contribution in [0.15, 0.2) is 6.07 Å².